The Hall–Kier alpha value is -2.14. The van der Waals surface area contributed by atoms with Crippen LogP contribution in [-0.4, -0.2) is 0 Å². The summed E-state index contributed by atoms with van der Waals surface area (Å²) in [6.07, 6.45) is 1.66. The predicted octanol–water partition coefficient (Wildman–Crippen LogP) is 2.03. The number of H-pyrrole nitrogens is 1. The second-order valence-electron chi connectivity index (χ2n) is 3.57. The van der Waals surface area contributed by atoms with Crippen molar-refractivity contribution in [2.75, 3.05) is 5.43 Å². The van der Waals surface area contributed by atoms with Crippen molar-refractivity contribution in [3.8, 4) is 11.6 Å². The second kappa shape index (κ2) is 4.80. The molecule has 0 aliphatic heterocycles. The second-order valence-corrected chi connectivity index (χ2v) is 3.57. The highest BCUT2D eigenvalue weighted by Crippen LogP contribution is 2.22. The lowest BCUT2D eigenvalue weighted by molar-refractivity contribution is -0.390. The molecule has 1 aromatic heterocycles. The van der Waals surface area contributed by atoms with Gasteiger partial charge in [-0.15, -0.1) is 0 Å². The molecule has 2 aromatic rings. The minimum absolute atomic E-state index is 0.177. The van der Waals surface area contributed by atoms with Crippen molar-refractivity contribution in [3.63, 3.8) is 0 Å². The standard InChI is InChI=1S/C12H12FN3O/c1-8-6-12(15-7-10(8)16-14)17-11-5-3-2-4-9(11)13/h2-7,16H,14H2,1H3/p+1. The van der Waals surface area contributed by atoms with Gasteiger partial charge in [0.1, 0.15) is 5.69 Å². The number of rotatable bonds is 3. The number of para-hydroxylation sites is 1. The highest BCUT2D eigenvalue weighted by atomic mass is 19.1. The maximum atomic E-state index is 13.4. The quantitative estimate of drug-likeness (QED) is 0.631. The SMILES string of the molecule is Cc1cc(Oc2ccccc2F)[nH+]cc1NN. The number of nitrogens with one attached hydrogen (secondary N) is 2. The van der Waals surface area contributed by atoms with Crippen LogP contribution in [-0.2, 0) is 0 Å². The van der Waals surface area contributed by atoms with Crippen molar-refractivity contribution < 1.29 is 14.1 Å². The molecular weight excluding hydrogens is 221 g/mol. The number of aromatic nitrogens is 1. The van der Waals surface area contributed by atoms with Crippen LogP contribution in [0, 0.1) is 12.7 Å². The van der Waals surface area contributed by atoms with Crippen molar-refractivity contribution in [1.82, 2.24) is 0 Å². The average Bonchev–Trinajstić information content (AvgIpc) is 2.32. The Labute approximate surface area is 98.2 Å². The van der Waals surface area contributed by atoms with E-state index in [0.717, 1.165) is 11.3 Å². The van der Waals surface area contributed by atoms with E-state index in [1.54, 1.807) is 30.5 Å². The molecule has 0 bridgehead atoms. The van der Waals surface area contributed by atoms with Crippen LogP contribution < -0.4 is 21.0 Å². The molecule has 5 heteroatoms. The number of nitrogens with two attached hydrogens (primary N) is 1. The minimum Gasteiger partial charge on any atom is -0.402 e. The smallest absolute Gasteiger partial charge is 0.372 e. The van der Waals surface area contributed by atoms with Crippen LogP contribution in [0.25, 0.3) is 0 Å². The van der Waals surface area contributed by atoms with Gasteiger partial charge in [-0.05, 0) is 24.6 Å². The molecule has 2 rings (SSSR count). The van der Waals surface area contributed by atoms with E-state index in [-0.39, 0.29) is 5.75 Å². The van der Waals surface area contributed by atoms with Crippen LogP contribution in [0.2, 0.25) is 0 Å². The van der Waals surface area contributed by atoms with Crippen molar-refractivity contribution >= 4 is 5.69 Å². The zero-order valence-electron chi connectivity index (χ0n) is 9.33. The Bertz CT molecular complexity index is 531. The molecule has 88 valence electrons. The molecule has 0 radical (unpaired) electrons. The fraction of sp³-hybridized carbons (Fsp3) is 0.0833. The molecule has 1 aromatic carbocycles. The lowest BCUT2D eigenvalue weighted by Crippen LogP contribution is -2.14. The number of hydrogen-bond acceptors (Lipinski definition) is 3. The number of benzene rings is 1. The number of halogens is 1. The number of aryl methyl sites for hydroxylation is 1. The van der Waals surface area contributed by atoms with Crippen LogP contribution in [0.3, 0.4) is 0 Å². The van der Waals surface area contributed by atoms with E-state index in [1.165, 1.54) is 6.07 Å². The maximum Gasteiger partial charge on any atom is 0.372 e. The number of aromatic amines is 1. The van der Waals surface area contributed by atoms with Crippen LogP contribution in [0.1, 0.15) is 5.56 Å². The summed E-state index contributed by atoms with van der Waals surface area (Å²) in [7, 11) is 0. The molecule has 1 heterocycles. The topological polar surface area (TPSA) is 61.4 Å². The van der Waals surface area contributed by atoms with E-state index < -0.39 is 5.82 Å². The molecule has 0 spiro atoms. The third kappa shape index (κ3) is 2.51. The van der Waals surface area contributed by atoms with E-state index in [9.17, 15) is 4.39 Å². The minimum atomic E-state index is -0.403. The number of ether oxygens (including phenoxy) is 1. The molecule has 0 aliphatic rings. The van der Waals surface area contributed by atoms with Gasteiger partial charge in [0.15, 0.2) is 17.8 Å². The van der Waals surface area contributed by atoms with Gasteiger partial charge in [0, 0.05) is 0 Å². The van der Waals surface area contributed by atoms with Gasteiger partial charge in [-0.25, -0.2) is 4.39 Å². The van der Waals surface area contributed by atoms with Gasteiger partial charge in [-0.1, -0.05) is 12.1 Å². The summed E-state index contributed by atoms with van der Waals surface area (Å²) < 4.78 is 18.7. The van der Waals surface area contributed by atoms with Gasteiger partial charge in [0.25, 0.3) is 0 Å². The zero-order chi connectivity index (χ0) is 12.3. The van der Waals surface area contributed by atoms with Gasteiger partial charge in [-0.3, -0.25) is 5.84 Å². The van der Waals surface area contributed by atoms with Crippen molar-refractivity contribution in [2.45, 2.75) is 6.92 Å². The van der Waals surface area contributed by atoms with E-state index in [0.29, 0.717) is 5.88 Å². The first-order valence-electron chi connectivity index (χ1n) is 5.12. The van der Waals surface area contributed by atoms with Gasteiger partial charge in [-0.2, -0.15) is 4.98 Å². The number of hydrogen-bond donors (Lipinski definition) is 2. The summed E-state index contributed by atoms with van der Waals surface area (Å²) in [5.41, 5.74) is 4.19. The first kappa shape index (κ1) is 11.3. The summed E-state index contributed by atoms with van der Waals surface area (Å²) in [6.45, 7) is 1.87. The van der Waals surface area contributed by atoms with E-state index >= 15 is 0 Å². The number of pyridine rings is 1. The Morgan fingerprint density at radius 2 is 2.12 bits per heavy atom. The van der Waals surface area contributed by atoms with E-state index in [2.05, 4.69) is 10.4 Å². The third-order valence-electron chi connectivity index (χ3n) is 2.34. The predicted molar refractivity (Wildman–Crippen MR) is 62.0 cm³/mol. The molecule has 0 atom stereocenters. The largest absolute Gasteiger partial charge is 0.402 e. The zero-order valence-corrected chi connectivity index (χ0v) is 9.33. The molecule has 0 aliphatic carbocycles. The van der Waals surface area contributed by atoms with Crippen molar-refractivity contribution in [1.29, 1.82) is 0 Å². The molecule has 0 fully saturated rings. The lowest BCUT2D eigenvalue weighted by atomic mass is 10.2. The summed E-state index contributed by atoms with van der Waals surface area (Å²) in [5, 5.41) is 0. The molecule has 0 amide bonds. The highest BCUT2D eigenvalue weighted by molar-refractivity contribution is 5.47. The van der Waals surface area contributed by atoms with Gasteiger partial charge in [0.05, 0.1) is 6.07 Å². The van der Waals surface area contributed by atoms with Crippen molar-refractivity contribution in [2.24, 2.45) is 5.84 Å². The Morgan fingerprint density at radius 3 is 2.76 bits per heavy atom. The van der Waals surface area contributed by atoms with Gasteiger partial charge in [0.2, 0.25) is 0 Å². The highest BCUT2D eigenvalue weighted by Gasteiger charge is 2.10. The monoisotopic (exact) mass is 234 g/mol. The van der Waals surface area contributed by atoms with Crippen LogP contribution in [0.5, 0.6) is 11.6 Å². The first-order chi connectivity index (χ1) is 8.20. The number of anilines is 1. The van der Waals surface area contributed by atoms with E-state index in [1.807, 2.05) is 6.92 Å². The molecular formula is C12H13FN3O+. The molecule has 0 saturated carbocycles. The first-order valence-corrected chi connectivity index (χ1v) is 5.12. The van der Waals surface area contributed by atoms with Crippen LogP contribution >= 0.6 is 0 Å². The summed E-state index contributed by atoms with van der Waals surface area (Å²) in [5.74, 6) is 5.53. The molecule has 4 N–H and O–H groups in total. The van der Waals surface area contributed by atoms with Gasteiger partial charge >= 0.3 is 5.88 Å². The maximum absolute atomic E-state index is 13.4. The van der Waals surface area contributed by atoms with Crippen LogP contribution in [0.15, 0.2) is 36.5 Å². The molecule has 17 heavy (non-hydrogen) atoms. The van der Waals surface area contributed by atoms with Crippen molar-refractivity contribution in [3.05, 3.63) is 47.9 Å². The lowest BCUT2D eigenvalue weighted by Gasteiger charge is -2.04. The Balaban J connectivity index is 2.25. The average molecular weight is 234 g/mol. The molecule has 0 unspecified atom stereocenters. The van der Waals surface area contributed by atoms with E-state index in [4.69, 9.17) is 10.6 Å². The normalized spacial score (nSPS) is 10.1. The Morgan fingerprint density at radius 1 is 1.35 bits per heavy atom. The molecule has 0 saturated heterocycles. The number of nitrogen functional groups attached to an aromatic ring is 1. The fourth-order valence-corrected chi connectivity index (χ4v) is 1.43. The Kier molecular flexibility index (Phi) is 3.20. The fourth-order valence-electron chi connectivity index (χ4n) is 1.43. The summed E-state index contributed by atoms with van der Waals surface area (Å²) in [6, 6.07) is 7.97. The molecule has 4 nitrogen and oxygen atoms in total. The third-order valence-corrected chi connectivity index (χ3v) is 2.34. The van der Waals surface area contributed by atoms with Gasteiger partial charge < -0.3 is 10.2 Å². The van der Waals surface area contributed by atoms with Crippen LogP contribution in [0.4, 0.5) is 10.1 Å². The summed E-state index contributed by atoms with van der Waals surface area (Å²) in [4.78, 5) is 2.87. The summed E-state index contributed by atoms with van der Waals surface area (Å²) >= 11 is 0. The number of hydrazine groups is 1.